The van der Waals surface area contributed by atoms with Crippen LogP contribution >= 0.6 is 0 Å². The first-order valence-corrected chi connectivity index (χ1v) is 9.29. The first-order chi connectivity index (χ1) is 12.5. The summed E-state index contributed by atoms with van der Waals surface area (Å²) in [5, 5.41) is 4.41. The number of ether oxygens (including phenoxy) is 1. The smallest absolute Gasteiger partial charge is 0.224 e. The highest BCUT2D eigenvalue weighted by molar-refractivity contribution is 5.77. The van der Waals surface area contributed by atoms with Crippen molar-refractivity contribution < 1.29 is 9.53 Å². The number of rotatable bonds is 5. The van der Waals surface area contributed by atoms with Crippen LogP contribution < -0.4 is 0 Å². The Morgan fingerprint density at radius 3 is 2.85 bits per heavy atom. The summed E-state index contributed by atoms with van der Waals surface area (Å²) < 4.78 is 7.93. The van der Waals surface area contributed by atoms with Gasteiger partial charge in [0.25, 0.3) is 0 Å². The van der Waals surface area contributed by atoms with Crippen LogP contribution in [0.4, 0.5) is 0 Å². The molecule has 2 aromatic heterocycles. The van der Waals surface area contributed by atoms with Gasteiger partial charge in [-0.05, 0) is 26.3 Å². The van der Waals surface area contributed by atoms with Crippen molar-refractivity contribution >= 4 is 5.91 Å². The minimum absolute atomic E-state index is 0.142. The predicted molar refractivity (Wildman–Crippen MR) is 95.4 cm³/mol. The van der Waals surface area contributed by atoms with Crippen molar-refractivity contribution in [3.05, 3.63) is 40.7 Å². The van der Waals surface area contributed by atoms with Gasteiger partial charge in [0.05, 0.1) is 31.1 Å². The number of aromatic nitrogens is 4. The molecule has 2 aromatic rings. The summed E-state index contributed by atoms with van der Waals surface area (Å²) in [5.41, 5.74) is 3.71. The van der Waals surface area contributed by atoms with E-state index < -0.39 is 5.60 Å². The first-order valence-electron chi connectivity index (χ1n) is 9.29. The predicted octanol–water partition coefficient (Wildman–Crippen LogP) is 1.90. The normalized spacial score (nSPS) is 17.4. The van der Waals surface area contributed by atoms with E-state index in [0.717, 1.165) is 41.3 Å². The average Bonchev–Trinajstić information content (AvgIpc) is 3.11. The molecule has 1 saturated heterocycles. The largest absolute Gasteiger partial charge is 0.360 e. The Kier molecular flexibility index (Phi) is 4.26. The quantitative estimate of drug-likeness (QED) is 0.819. The van der Waals surface area contributed by atoms with Crippen molar-refractivity contribution in [1.82, 2.24) is 24.6 Å². The SMILES string of the molecule is CCCc1ncc2c(n1)COC21CN(C(=O)CCn2nc(C)cc2C)C1. The Hall–Kier alpha value is -2.28. The lowest BCUT2D eigenvalue weighted by molar-refractivity contribution is -0.168. The lowest BCUT2D eigenvalue weighted by Gasteiger charge is -2.47. The fourth-order valence-electron chi connectivity index (χ4n) is 3.85. The molecule has 0 unspecified atom stereocenters. The molecular weight excluding hydrogens is 330 g/mol. The third-order valence-corrected chi connectivity index (χ3v) is 5.25. The van der Waals surface area contributed by atoms with Crippen LogP contribution in [-0.4, -0.2) is 43.6 Å². The number of hydrogen-bond donors (Lipinski definition) is 0. The van der Waals surface area contributed by atoms with E-state index in [0.29, 0.717) is 32.7 Å². The number of carbonyl (C=O) groups excluding carboxylic acids is 1. The summed E-state index contributed by atoms with van der Waals surface area (Å²) in [5.74, 6) is 1.02. The Morgan fingerprint density at radius 1 is 1.35 bits per heavy atom. The number of likely N-dealkylation sites (tertiary alicyclic amines) is 1. The molecule has 7 nitrogen and oxygen atoms in total. The summed E-state index contributed by atoms with van der Waals surface area (Å²) in [7, 11) is 0. The second kappa shape index (κ2) is 6.46. The summed E-state index contributed by atoms with van der Waals surface area (Å²) in [6.07, 6.45) is 4.27. The third kappa shape index (κ3) is 2.90. The molecule has 0 atom stereocenters. The van der Waals surface area contributed by atoms with E-state index in [1.807, 2.05) is 35.7 Å². The number of amides is 1. The fourth-order valence-corrected chi connectivity index (χ4v) is 3.85. The zero-order chi connectivity index (χ0) is 18.3. The molecular formula is C19H25N5O2. The van der Waals surface area contributed by atoms with Crippen LogP contribution in [0.3, 0.4) is 0 Å². The van der Waals surface area contributed by atoms with Gasteiger partial charge in [-0.1, -0.05) is 6.92 Å². The maximum atomic E-state index is 12.5. The highest BCUT2D eigenvalue weighted by Gasteiger charge is 2.52. The molecule has 1 amide bonds. The van der Waals surface area contributed by atoms with E-state index >= 15 is 0 Å². The van der Waals surface area contributed by atoms with E-state index in [2.05, 4.69) is 22.0 Å². The molecule has 2 aliphatic rings. The molecule has 2 aliphatic heterocycles. The molecule has 7 heteroatoms. The number of nitrogens with zero attached hydrogens (tertiary/aromatic N) is 5. The Morgan fingerprint density at radius 2 is 2.15 bits per heavy atom. The highest BCUT2D eigenvalue weighted by Crippen LogP contribution is 2.42. The van der Waals surface area contributed by atoms with Crippen molar-refractivity contribution in [3.63, 3.8) is 0 Å². The number of hydrogen-bond acceptors (Lipinski definition) is 5. The van der Waals surface area contributed by atoms with Gasteiger partial charge in [-0.3, -0.25) is 9.48 Å². The van der Waals surface area contributed by atoms with Gasteiger partial charge < -0.3 is 9.64 Å². The molecule has 4 heterocycles. The van der Waals surface area contributed by atoms with E-state index in [-0.39, 0.29) is 5.91 Å². The highest BCUT2D eigenvalue weighted by atomic mass is 16.5. The van der Waals surface area contributed by atoms with Gasteiger partial charge >= 0.3 is 0 Å². The summed E-state index contributed by atoms with van der Waals surface area (Å²) in [6, 6.07) is 2.03. The maximum Gasteiger partial charge on any atom is 0.224 e. The van der Waals surface area contributed by atoms with Crippen molar-refractivity contribution in [2.45, 2.75) is 58.8 Å². The zero-order valence-electron chi connectivity index (χ0n) is 15.7. The molecule has 1 fully saturated rings. The zero-order valence-corrected chi connectivity index (χ0v) is 15.7. The van der Waals surface area contributed by atoms with Crippen LogP contribution in [0.15, 0.2) is 12.3 Å². The third-order valence-electron chi connectivity index (χ3n) is 5.25. The van der Waals surface area contributed by atoms with E-state index in [1.165, 1.54) is 0 Å². The lowest BCUT2D eigenvalue weighted by atomic mass is 9.87. The van der Waals surface area contributed by atoms with Crippen LogP contribution in [0.2, 0.25) is 0 Å². The van der Waals surface area contributed by atoms with E-state index in [1.54, 1.807) is 0 Å². The first kappa shape index (κ1) is 17.1. The van der Waals surface area contributed by atoms with Gasteiger partial charge in [-0.15, -0.1) is 0 Å². The number of carbonyl (C=O) groups is 1. The minimum atomic E-state index is -0.395. The van der Waals surface area contributed by atoms with Crippen LogP contribution in [0.5, 0.6) is 0 Å². The maximum absolute atomic E-state index is 12.5. The Bertz CT molecular complexity index is 838. The molecule has 1 spiro atoms. The van der Waals surface area contributed by atoms with Crippen LogP contribution in [0, 0.1) is 13.8 Å². The molecule has 138 valence electrons. The minimum Gasteiger partial charge on any atom is -0.360 e. The summed E-state index contributed by atoms with van der Waals surface area (Å²) in [6.45, 7) is 8.41. The standard InChI is InChI=1S/C19H25N5O2/c1-4-5-17-20-9-15-16(21-17)10-26-19(15)11-23(12-19)18(25)6-7-24-14(3)8-13(2)22-24/h8-9H,4-7,10-12H2,1-3H3. The molecule has 26 heavy (non-hydrogen) atoms. The molecule has 4 rings (SSSR count). The summed E-state index contributed by atoms with van der Waals surface area (Å²) in [4.78, 5) is 23.5. The van der Waals surface area contributed by atoms with Gasteiger partial charge in [0.1, 0.15) is 11.4 Å². The second-order valence-corrected chi connectivity index (χ2v) is 7.33. The van der Waals surface area contributed by atoms with E-state index in [4.69, 9.17) is 4.74 Å². The topological polar surface area (TPSA) is 73.1 Å². The Balaban J connectivity index is 1.37. The van der Waals surface area contributed by atoms with E-state index in [9.17, 15) is 4.79 Å². The van der Waals surface area contributed by atoms with Crippen molar-refractivity contribution in [2.24, 2.45) is 0 Å². The molecule has 0 bridgehead atoms. The molecule has 0 N–H and O–H groups in total. The molecule has 0 aromatic carbocycles. The van der Waals surface area contributed by atoms with Gasteiger partial charge in [-0.25, -0.2) is 9.97 Å². The van der Waals surface area contributed by atoms with Crippen molar-refractivity contribution in [3.8, 4) is 0 Å². The molecule has 0 saturated carbocycles. The van der Waals surface area contributed by atoms with Crippen molar-refractivity contribution in [1.29, 1.82) is 0 Å². The number of aryl methyl sites for hydroxylation is 4. The second-order valence-electron chi connectivity index (χ2n) is 7.33. The van der Waals surface area contributed by atoms with Gasteiger partial charge in [0.15, 0.2) is 0 Å². The molecule has 0 aliphatic carbocycles. The van der Waals surface area contributed by atoms with Gasteiger partial charge in [0.2, 0.25) is 5.91 Å². The van der Waals surface area contributed by atoms with Gasteiger partial charge in [0, 0.05) is 36.8 Å². The fraction of sp³-hybridized carbons (Fsp3) is 0.579. The van der Waals surface area contributed by atoms with Crippen LogP contribution in [0.25, 0.3) is 0 Å². The number of fused-ring (bicyclic) bond motifs is 2. The van der Waals surface area contributed by atoms with Crippen molar-refractivity contribution in [2.75, 3.05) is 13.1 Å². The van der Waals surface area contributed by atoms with Gasteiger partial charge in [-0.2, -0.15) is 5.10 Å². The van der Waals surface area contributed by atoms with Crippen LogP contribution in [-0.2, 0) is 34.7 Å². The monoisotopic (exact) mass is 355 g/mol. The lowest BCUT2D eigenvalue weighted by Crippen LogP contribution is -2.61. The van der Waals surface area contributed by atoms with Crippen LogP contribution in [0.1, 0.15) is 48.2 Å². The molecule has 0 radical (unpaired) electrons. The Labute approximate surface area is 153 Å². The summed E-state index contributed by atoms with van der Waals surface area (Å²) >= 11 is 0. The average molecular weight is 355 g/mol.